The Bertz CT molecular complexity index is 1170. The minimum Gasteiger partial charge on any atom is -0.868 e. The number of Topliss-reactive ketones (excluding diaryl/α,β-unsaturated/α-hetero) is 1. The number of nitrogens with one attached hydrogen (secondary N) is 1. The summed E-state index contributed by atoms with van der Waals surface area (Å²) in [5.41, 5.74) is 2.10. The van der Waals surface area contributed by atoms with Gasteiger partial charge in [0.2, 0.25) is 0 Å². The van der Waals surface area contributed by atoms with Crippen LogP contribution in [0.2, 0.25) is 0 Å². The van der Waals surface area contributed by atoms with E-state index in [0.29, 0.717) is 17.0 Å². The van der Waals surface area contributed by atoms with Gasteiger partial charge < -0.3 is 15.2 Å². The topological polar surface area (TPSA) is 122 Å². The molecule has 1 heterocycles. The summed E-state index contributed by atoms with van der Waals surface area (Å²) in [4.78, 5) is 36.7. The Kier molecular flexibility index (Phi) is 5.52. The fourth-order valence-electron chi connectivity index (χ4n) is 4.60. The van der Waals surface area contributed by atoms with Gasteiger partial charge in [-0.05, 0) is 23.8 Å². The second kappa shape index (κ2) is 8.30. The number of ether oxygens (including phenoxy) is 1. The van der Waals surface area contributed by atoms with Crippen molar-refractivity contribution in [2.24, 2.45) is 5.92 Å². The monoisotopic (exact) mass is 433 g/mol. The van der Waals surface area contributed by atoms with E-state index in [1.54, 1.807) is 6.92 Å². The molecule has 0 saturated carbocycles. The molecular formula is C24H21N2O6-. The van der Waals surface area contributed by atoms with E-state index in [1.165, 1.54) is 13.2 Å². The molecule has 0 spiro atoms. The summed E-state index contributed by atoms with van der Waals surface area (Å²) >= 11 is 0. The summed E-state index contributed by atoms with van der Waals surface area (Å²) in [7, 11) is 1.24. The van der Waals surface area contributed by atoms with Crippen molar-refractivity contribution in [3.8, 4) is 5.75 Å². The van der Waals surface area contributed by atoms with E-state index in [9.17, 15) is 24.8 Å². The van der Waals surface area contributed by atoms with E-state index in [2.05, 4.69) is 5.32 Å². The number of carbonyl (C=O) groups excluding carboxylic acids is 2. The van der Waals surface area contributed by atoms with Gasteiger partial charge in [-0.25, -0.2) is 4.79 Å². The van der Waals surface area contributed by atoms with Gasteiger partial charge in [0.15, 0.2) is 0 Å². The minimum atomic E-state index is -0.807. The highest BCUT2D eigenvalue weighted by atomic mass is 16.6. The minimum absolute atomic E-state index is 0.100. The fraction of sp³-hybridized carbons (Fsp3) is 0.250. The lowest BCUT2D eigenvalue weighted by Crippen LogP contribution is -2.41. The number of hydrogen-bond donors (Lipinski definition) is 1. The average Bonchev–Trinajstić information content (AvgIpc) is 2.78. The number of nitro benzene ring substituents is 1. The number of fused-ring (bicyclic) bond motifs is 1. The Morgan fingerprint density at radius 3 is 2.50 bits per heavy atom. The molecular weight excluding hydrogens is 412 g/mol. The molecule has 0 amide bonds. The molecule has 2 aromatic rings. The van der Waals surface area contributed by atoms with Crippen molar-refractivity contribution in [3.05, 3.63) is 92.8 Å². The first-order valence-corrected chi connectivity index (χ1v) is 10.1. The summed E-state index contributed by atoms with van der Waals surface area (Å²) in [6, 6.07) is 13.3. The standard InChI is InChI=1S/C24H22N2O6/c1-13-21(24(29)32-2)22(15-8-9-19(27)18(11-15)26(30)31)23-17(25-13)10-16(12-20(23)28)14-6-4-3-5-7-14/h3-11,16,22-23,25,27H,12H2,1-2H3/p-1. The van der Waals surface area contributed by atoms with E-state index in [-0.39, 0.29) is 23.7 Å². The first-order valence-electron chi connectivity index (χ1n) is 10.1. The number of esters is 1. The van der Waals surface area contributed by atoms with Crippen molar-refractivity contribution < 1.29 is 24.4 Å². The number of methoxy groups -OCH3 is 1. The average molecular weight is 433 g/mol. The van der Waals surface area contributed by atoms with Crippen molar-refractivity contribution in [2.45, 2.75) is 25.2 Å². The fourth-order valence-corrected chi connectivity index (χ4v) is 4.60. The lowest BCUT2D eigenvalue weighted by Gasteiger charge is -2.39. The van der Waals surface area contributed by atoms with Gasteiger partial charge in [0, 0.05) is 35.7 Å². The molecule has 32 heavy (non-hydrogen) atoms. The zero-order valence-corrected chi connectivity index (χ0v) is 17.5. The Morgan fingerprint density at radius 1 is 1.12 bits per heavy atom. The highest BCUT2D eigenvalue weighted by molar-refractivity contribution is 5.96. The molecule has 0 radical (unpaired) electrons. The van der Waals surface area contributed by atoms with Crippen LogP contribution in [0.5, 0.6) is 5.75 Å². The first-order chi connectivity index (χ1) is 15.3. The van der Waals surface area contributed by atoms with Crippen LogP contribution in [0.4, 0.5) is 5.69 Å². The molecule has 3 atom stereocenters. The van der Waals surface area contributed by atoms with Gasteiger partial charge in [0.25, 0.3) is 5.69 Å². The van der Waals surface area contributed by atoms with Gasteiger partial charge in [0.05, 0.1) is 23.5 Å². The van der Waals surface area contributed by atoms with E-state index in [0.717, 1.165) is 17.7 Å². The van der Waals surface area contributed by atoms with Crippen LogP contribution >= 0.6 is 0 Å². The molecule has 0 aromatic heterocycles. The van der Waals surface area contributed by atoms with Crippen LogP contribution in [0.15, 0.2) is 71.6 Å². The summed E-state index contributed by atoms with van der Waals surface area (Å²) < 4.78 is 4.96. The van der Waals surface area contributed by atoms with Crippen molar-refractivity contribution in [1.29, 1.82) is 0 Å². The van der Waals surface area contributed by atoms with Crippen molar-refractivity contribution in [1.82, 2.24) is 5.32 Å². The number of ketones is 1. The third kappa shape index (κ3) is 3.64. The number of hydrogen-bond acceptors (Lipinski definition) is 7. The Labute approximate surface area is 184 Å². The van der Waals surface area contributed by atoms with Gasteiger partial charge in [-0.15, -0.1) is 0 Å². The van der Waals surface area contributed by atoms with Gasteiger partial charge in [-0.1, -0.05) is 48.5 Å². The van der Waals surface area contributed by atoms with Crippen LogP contribution in [-0.4, -0.2) is 23.8 Å². The Hall–Kier alpha value is -3.94. The quantitative estimate of drug-likeness (QED) is 0.447. The van der Waals surface area contributed by atoms with Crippen molar-refractivity contribution >= 4 is 17.4 Å². The van der Waals surface area contributed by atoms with Gasteiger partial charge in [-0.2, -0.15) is 0 Å². The zero-order chi connectivity index (χ0) is 23.0. The number of allylic oxidation sites excluding steroid dienone is 3. The molecule has 164 valence electrons. The van der Waals surface area contributed by atoms with Crippen LogP contribution in [0, 0.1) is 16.0 Å². The van der Waals surface area contributed by atoms with Crippen molar-refractivity contribution in [3.63, 3.8) is 0 Å². The molecule has 1 aliphatic heterocycles. The Balaban J connectivity index is 1.88. The van der Waals surface area contributed by atoms with Crippen LogP contribution < -0.4 is 10.4 Å². The molecule has 1 aliphatic carbocycles. The molecule has 4 rings (SSSR count). The summed E-state index contributed by atoms with van der Waals surface area (Å²) in [6.45, 7) is 1.70. The molecule has 8 heteroatoms. The molecule has 1 N–H and O–H groups in total. The molecule has 0 bridgehead atoms. The van der Waals surface area contributed by atoms with E-state index >= 15 is 0 Å². The predicted octanol–water partition coefficient (Wildman–Crippen LogP) is 3.06. The van der Waals surface area contributed by atoms with Crippen LogP contribution in [0.25, 0.3) is 0 Å². The predicted molar refractivity (Wildman–Crippen MR) is 114 cm³/mol. The maximum atomic E-state index is 13.4. The van der Waals surface area contributed by atoms with Crippen LogP contribution in [-0.2, 0) is 14.3 Å². The number of nitrogens with zero attached hydrogens (tertiary/aromatic N) is 1. The molecule has 3 unspecified atom stereocenters. The SMILES string of the molecule is COC(=O)C1=C(C)NC2=CC(c3ccccc3)CC(=O)C2C1c1ccc([O-])c([N+](=O)[O-])c1. The number of benzene rings is 2. The first kappa shape index (κ1) is 21.3. The van der Waals surface area contributed by atoms with Crippen LogP contribution in [0.3, 0.4) is 0 Å². The smallest absolute Gasteiger partial charge is 0.336 e. The maximum absolute atomic E-state index is 13.4. The van der Waals surface area contributed by atoms with Gasteiger partial charge in [-0.3, -0.25) is 14.9 Å². The third-order valence-electron chi connectivity index (χ3n) is 6.04. The summed E-state index contributed by atoms with van der Waals surface area (Å²) in [5, 5.41) is 26.5. The lowest BCUT2D eigenvalue weighted by molar-refractivity contribution is -0.398. The summed E-state index contributed by atoms with van der Waals surface area (Å²) in [5.74, 6) is -3.15. The largest absolute Gasteiger partial charge is 0.868 e. The highest BCUT2D eigenvalue weighted by Gasteiger charge is 2.45. The van der Waals surface area contributed by atoms with E-state index in [1.807, 2.05) is 36.4 Å². The molecule has 8 nitrogen and oxygen atoms in total. The zero-order valence-electron chi connectivity index (χ0n) is 17.5. The highest BCUT2D eigenvalue weighted by Crippen LogP contribution is 2.47. The number of carbonyl (C=O) groups is 2. The molecule has 2 aliphatic rings. The summed E-state index contributed by atoms with van der Waals surface area (Å²) in [6.07, 6.45) is 2.20. The van der Waals surface area contributed by atoms with Crippen molar-refractivity contribution in [2.75, 3.05) is 7.11 Å². The molecule has 0 fully saturated rings. The second-order valence-corrected chi connectivity index (χ2v) is 7.90. The number of nitro groups is 1. The number of rotatable bonds is 4. The maximum Gasteiger partial charge on any atom is 0.336 e. The van der Waals surface area contributed by atoms with E-state index < -0.39 is 34.2 Å². The van der Waals surface area contributed by atoms with Gasteiger partial charge in [0.1, 0.15) is 5.78 Å². The van der Waals surface area contributed by atoms with E-state index in [4.69, 9.17) is 4.74 Å². The Morgan fingerprint density at radius 2 is 1.84 bits per heavy atom. The normalized spacial score (nSPS) is 22.5. The molecule has 2 aromatic carbocycles. The third-order valence-corrected chi connectivity index (χ3v) is 6.04. The van der Waals surface area contributed by atoms with Crippen LogP contribution in [0.1, 0.15) is 36.3 Å². The molecule has 0 saturated heterocycles. The second-order valence-electron chi connectivity index (χ2n) is 7.90. The van der Waals surface area contributed by atoms with Gasteiger partial charge >= 0.3 is 5.97 Å². The lowest BCUT2D eigenvalue weighted by atomic mass is 9.68.